The fourth-order valence-electron chi connectivity index (χ4n) is 0.474. The number of aldehydes is 1. The molecule has 0 bridgehead atoms. The van der Waals surface area contributed by atoms with Crippen LogP contribution >= 0.6 is 23.9 Å². The number of carbonyl (C=O) groups is 1. The quantitative estimate of drug-likeness (QED) is 0.463. The highest BCUT2D eigenvalue weighted by atomic mass is 32.2. The first kappa shape index (κ1) is 7.18. The van der Waals surface area contributed by atoms with E-state index in [2.05, 4.69) is 3.71 Å². The molecule has 1 aliphatic rings. The van der Waals surface area contributed by atoms with Crippen molar-refractivity contribution in [3.05, 3.63) is 10.8 Å². The van der Waals surface area contributed by atoms with E-state index in [-0.39, 0.29) is 0 Å². The van der Waals surface area contributed by atoms with Crippen molar-refractivity contribution in [3.8, 4) is 0 Å². The molecule has 2 nitrogen and oxygen atoms in total. The van der Waals surface area contributed by atoms with Gasteiger partial charge >= 0.3 is 0 Å². The summed E-state index contributed by atoms with van der Waals surface area (Å²) in [6.07, 6.45) is 1.57. The van der Waals surface area contributed by atoms with Gasteiger partial charge in [0.2, 0.25) is 0 Å². The summed E-state index contributed by atoms with van der Waals surface area (Å²) in [5.41, 5.74) is 0. The fraction of sp³-hybridized carbons (Fsp3) is 0.400. The van der Waals surface area contributed by atoms with Gasteiger partial charge in [-0.15, -0.1) is 0 Å². The van der Waals surface area contributed by atoms with E-state index in [1.807, 2.05) is 10.8 Å². The second kappa shape index (κ2) is 3.98. The summed E-state index contributed by atoms with van der Waals surface area (Å²) in [4.78, 5) is 9.90. The Morgan fingerprint density at radius 2 is 2.11 bits per heavy atom. The van der Waals surface area contributed by atoms with Crippen LogP contribution in [0.2, 0.25) is 0 Å². The summed E-state index contributed by atoms with van der Waals surface area (Å²) >= 11 is 3.28. The second-order valence-corrected chi connectivity index (χ2v) is 3.57. The van der Waals surface area contributed by atoms with Gasteiger partial charge in [0.25, 0.3) is 0 Å². The molecule has 0 saturated heterocycles. The maximum absolute atomic E-state index is 9.90. The van der Waals surface area contributed by atoms with E-state index in [1.54, 1.807) is 23.9 Å². The molecule has 0 aromatic carbocycles. The summed E-state index contributed by atoms with van der Waals surface area (Å²) in [6.45, 7) is 0.839. The highest BCUT2D eigenvalue weighted by Gasteiger charge is 2.05. The monoisotopic (exact) mass is 161 g/mol. The van der Waals surface area contributed by atoms with Gasteiger partial charge in [0.1, 0.15) is 6.29 Å². The lowest BCUT2D eigenvalue weighted by Gasteiger charge is -2.07. The molecule has 1 rings (SSSR count). The molecule has 9 heavy (non-hydrogen) atoms. The molecule has 0 aliphatic carbocycles. The van der Waals surface area contributed by atoms with Crippen LogP contribution in [0.15, 0.2) is 10.8 Å². The normalized spacial score (nSPS) is 18.7. The van der Waals surface area contributed by atoms with E-state index in [0.29, 0.717) is 6.42 Å². The van der Waals surface area contributed by atoms with Crippen LogP contribution < -0.4 is 0 Å². The number of carbonyl (C=O) groups excluding carboxylic acids is 1. The van der Waals surface area contributed by atoms with Crippen molar-refractivity contribution in [1.29, 1.82) is 0 Å². The SMILES string of the molecule is O=CCCN1SC=CS1. The van der Waals surface area contributed by atoms with Gasteiger partial charge < -0.3 is 4.79 Å². The molecule has 0 radical (unpaired) electrons. The molecule has 1 heterocycles. The summed E-state index contributed by atoms with van der Waals surface area (Å²) in [7, 11) is 0. The average molecular weight is 161 g/mol. The topological polar surface area (TPSA) is 20.3 Å². The first-order valence-electron chi connectivity index (χ1n) is 2.63. The molecule has 0 spiro atoms. The third-order valence-corrected chi connectivity index (χ3v) is 2.88. The van der Waals surface area contributed by atoms with E-state index < -0.39 is 0 Å². The van der Waals surface area contributed by atoms with Gasteiger partial charge in [-0.05, 0) is 34.7 Å². The standard InChI is InChI=1S/C5H7NOS2/c7-3-1-2-6-8-4-5-9-6/h3-5H,1-2H2. The fourth-order valence-corrected chi connectivity index (χ4v) is 2.06. The number of nitrogens with zero attached hydrogens (tertiary/aromatic N) is 1. The molecule has 50 valence electrons. The van der Waals surface area contributed by atoms with Crippen LogP contribution in [-0.2, 0) is 4.79 Å². The Morgan fingerprint density at radius 1 is 1.44 bits per heavy atom. The van der Waals surface area contributed by atoms with E-state index in [1.165, 1.54) is 0 Å². The Balaban J connectivity index is 2.07. The first-order chi connectivity index (χ1) is 4.43. The zero-order valence-corrected chi connectivity index (χ0v) is 6.45. The molecular weight excluding hydrogens is 154 g/mol. The molecule has 1 aliphatic heterocycles. The van der Waals surface area contributed by atoms with E-state index in [9.17, 15) is 4.79 Å². The molecular formula is C5H7NOS2. The van der Waals surface area contributed by atoms with Crippen molar-refractivity contribution in [1.82, 2.24) is 3.71 Å². The number of hydrogen-bond donors (Lipinski definition) is 0. The van der Waals surface area contributed by atoms with Crippen molar-refractivity contribution < 1.29 is 4.79 Å². The molecule has 0 N–H and O–H groups in total. The van der Waals surface area contributed by atoms with Crippen molar-refractivity contribution in [2.45, 2.75) is 6.42 Å². The van der Waals surface area contributed by atoms with Crippen LogP contribution in [0.4, 0.5) is 0 Å². The molecule has 0 saturated carbocycles. The van der Waals surface area contributed by atoms with Crippen molar-refractivity contribution in [3.63, 3.8) is 0 Å². The molecule has 0 amide bonds. The largest absolute Gasteiger partial charge is 0.303 e. The summed E-state index contributed by atoms with van der Waals surface area (Å²) in [5.74, 6) is 0. The van der Waals surface area contributed by atoms with Crippen molar-refractivity contribution in [2.75, 3.05) is 6.54 Å². The molecule has 0 unspecified atom stereocenters. The zero-order chi connectivity index (χ0) is 6.53. The maximum Gasteiger partial charge on any atom is 0.121 e. The summed E-state index contributed by atoms with van der Waals surface area (Å²) in [6, 6.07) is 0. The van der Waals surface area contributed by atoms with Crippen LogP contribution in [-0.4, -0.2) is 16.5 Å². The Kier molecular flexibility index (Phi) is 3.17. The maximum atomic E-state index is 9.90. The molecule has 0 fully saturated rings. The molecule has 4 heteroatoms. The van der Waals surface area contributed by atoms with E-state index in [0.717, 1.165) is 12.8 Å². The minimum absolute atomic E-state index is 0.627. The highest BCUT2D eigenvalue weighted by Crippen LogP contribution is 2.30. The van der Waals surface area contributed by atoms with Gasteiger partial charge in [-0.1, -0.05) is 0 Å². The van der Waals surface area contributed by atoms with Crippen molar-refractivity contribution in [2.24, 2.45) is 0 Å². The summed E-state index contributed by atoms with van der Waals surface area (Å²) in [5, 5.41) is 4.02. The second-order valence-electron chi connectivity index (χ2n) is 1.49. The minimum atomic E-state index is 0.627. The van der Waals surface area contributed by atoms with Crippen LogP contribution in [0.25, 0.3) is 0 Å². The third-order valence-electron chi connectivity index (χ3n) is 0.842. The third kappa shape index (κ3) is 2.43. The number of hydrogen-bond acceptors (Lipinski definition) is 4. The van der Waals surface area contributed by atoms with Gasteiger partial charge in [-0.25, -0.2) is 0 Å². The Labute approximate surface area is 62.9 Å². The molecule has 0 aromatic heterocycles. The van der Waals surface area contributed by atoms with Gasteiger partial charge in [-0.3, -0.25) is 0 Å². The highest BCUT2D eigenvalue weighted by molar-refractivity contribution is 8.17. The van der Waals surface area contributed by atoms with E-state index >= 15 is 0 Å². The van der Waals surface area contributed by atoms with Crippen molar-refractivity contribution >= 4 is 30.2 Å². The lowest BCUT2D eigenvalue weighted by Crippen LogP contribution is -2.03. The smallest absolute Gasteiger partial charge is 0.121 e. The lowest BCUT2D eigenvalue weighted by molar-refractivity contribution is -0.107. The van der Waals surface area contributed by atoms with Gasteiger partial charge in [0, 0.05) is 13.0 Å². The number of rotatable bonds is 3. The Morgan fingerprint density at radius 3 is 2.67 bits per heavy atom. The summed E-state index contributed by atoms with van der Waals surface area (Å²) < 4.78 is 2.06. The molecule has 0 atom stereocenters. The predicted octanol–water partition coefficient (Wildman–Crippen LogP) is 1.66. The van der Waals surface area contributed by atoms with Crippen LogP contribution in [0.5, 0.6) is 0 Å². The lowest BCUT2D eigenvalue weighted by atomic mass is 10.5. The van der Waals surface area contributed by atoms with Crippen LogP contribution in [0.3, 0.4) is 0 Å². The predicted molar refractivity (Wildman–Crippen MR) is 41.7 cm³/mol. The zero-order valence-electron chi connectivity index (χ0n) is 4.82. The van der Waals surface area contributed by atoms with Crippen LogP contribution in [0, 0.1) is 0 Å². The van der Waals surface area contributed by atoms with Gasteiger partial charge in [-0.2, -0.15) is 3.71 Å². The minimum Gasteiger partial charge on any atom is -0.303 e. The van der Waals surface area contributed by atoms with Crippen LogP contribution in [0.1, 0.15) is 6.42 Å². The van der Waals surface area contributed by atoms with Gasteiger partial charge in [0.15, 0.2) is 0 Å². The Bertz CT molecular complexity index is 118. The van der Waals surface area contributed by atoms with Gasteiger partial charge in [0.05, 0.1) is 0 Å². The van der Waals surface area contributed by atoms with E-state index in [4.69, 9.17) is 0 Å². The first-order valence-corrected chi connectivity index (χ1v) is 4.30. The molecule has 0 aromatic rings. The average Bonchev–Trinajstić information content (AvgIpc) is 2.34. The Hall–Kier alpha value is 0.0700.